The van der Waals surface area contributed by atoms with Crippen LogP contribution in [0.15, 0.2) is 18.2 Å². The SMILES string of the molecule is CNC(C)(C)C(=O)N(C)Cc1ccc(Cl)cc1Cl. The first-order valence-corrected chi connectivity index (χ1v) is 6.42. The first kappa shape index (κ1) is 15.3. The van der Waals surface area contributed by atoms with Crippen molar-refractivity contribution >= 4 is 29.1 Å². The Morgan fingerprint density at radius 3 is 2.50 bits per heavy atom. The lowest BCUT2D eigenvalue weighted by Crippen LogP contribution is -2.51. The van der Waals surface area contributed by atoms with Gasteiger partial charge in [0, 0.05) is 23.6 Å². The van der Waals surface area contributed by atoms with Gasteiger partial charge in [0.1, 0.15) is 0 Å². The van der Waals surface area contributed by atoms with Crippen molar-refractivity contribution in [1.82, 2.24) is 10.2 Å². The number of hydrogen-bond acceptors (Lipinski definition) is 2. The first-order valence-electron chi connectivity index (χ1n) is 5.66. The van der Waals surface area contributed by atoms with Gasteiger partial charge in [-0.25, -0.2) is 0 Å². The van der Waals surface area contributed by atoms with E-state index in [2.05, 4.69) is 5.32 Å². The van der Waals surface area contributed by atoms with Crippen LogP contribution in [0, 0.1) is 0 Å². The molecule has 1 aromatic carbocycles. The zero-order valence-electron chi connectivity index (χ0n) is 11.1. The Morgan fingerprint density at radius 2 is 2.00 bits per heavy atom. The maximum atomic E-state index is 12.2. The maximum Gasteiger partial charge on any atom is 0.242 e. The predicted molar refractivity (Wildman–Crippen MR) is 76.1 cm³/mol. The second kappa shape index (κ2) is 5.91. The third-order valence-electron chi connectivity index (χ3n) is 2.93. The van der Waals surface area contributed by atoms with Gasteiger partial charge in [0.15, 0.2) is 0 Å². The molecule has 0 aliphatic heterocycles. The van der Waals surface area contributed by atoms with Crippen LogP contribution in [-0.4, -0.2) is 30.4 Å². The van der Waals surface area contributed by atoms with Crippen LogP contribution in [-0.2, 0) is 11.3 Å². The Kier molecular flexibility index (Phi) is 5.02. The molecule has 5 heteroatoms. The smallest absolute Gasteiger partial charge is 0.242 e. The summed E-state index contributed by atoms with van der Waals surface area (Å²) in [6, 6.07) is 5.28. The Bertz CT molecular complexity index is 447. The average molecular weight is 289 g/mol. The number of hydrogen-bond donors (Lipinski definition) is 1. The highest BCUT2D eigenvalue weighted by atomic mass is 35.5. The van der Waals surface area contributed by atoms with Crippen LogP contribution in [0.1, 0.15) is 19.4 Å². The van der Waals surface area contributed by atoms with E-state index in [1.54, 1.807) is 31.1 Å². The summed E-state index contributed by atoms with van der Waals surface area (Å²) in [5.74, 6) is 0.0102. The summed E-state index contributed by atoms with van der Waals surface area (Å²) in [5, 5.41) is 4.15. The minimum Gasteiger partial charge on any atom is -0.340 e. The van der Waals surface area contributed by atoms with Crippen LogP contribution in [0.5, 0.6) is 0 Å². The Labute approximate surface area is 118 Å². The van der Waals surface area contributed by atoms with Crippen LogP contribution in [0.4, 0.5) is 0 Å². The van der Waals surface area contributed by atoms with Gasteiger partial charge in [0.05, 0.1) is 5.54 Å². The average Bonchev–Trinajstić information content (AvgIpc) is 2.31. The molecule has 0 saturated carbocycles. The van der Waals surface area contributed by atoms with E-state index >= 15 is 0 Å². The van der Waals surface area contributed by atoms with Crippen molar-refractivity contribution in [3.05, 3.63) is 33.8 Å². The molecule has 100 valence electrons. The molecule has 0 unspecified atom stereocenters. The number of carbonyl (C=O) groups excluding carboxylic acids is 1. The Morgan fingerprint density at radius 1 is 1.39 bits per heavy atom. The van der Waals surface area contributed by atoms with E-state index in [1.807, 2.05) is 19.9 Å². The number of rotatable bonds is 4. The number of benzene rings is 1. The Balaban J connectivity index is 2.82. The van der Waals surface area contributed by atoms with Gasteiger partial charge < -0.3 is 10.2 Å². The second-order valence-corrected chi connectivity index (χ2v) is 5.62. The molecule has 3 nitrogen and oxygen atoms in total. The van der Waals surface area contributed by atoms with Gasteiger partial charge in [0.2, 0.25) is 5.91 Å². The number of amides is 1. The van der Waals surface area contributed by atoms with Crippen LogP contribution in [0.3, 0.4) is 0 Å². The van der Waals surface area contributed by atoms with E-state index in [0.29, 0.717) is 16.6 Å². The molecule has 1 aromatic rings. The van der Waals surface area contributed by atoms with Gasteiger partial charge >= 0.3 is 0 Å². The molecule has 0 bridgehead atoms. The molecule has 1 N–H and O–H groups in total. The molecule has 0 fully saturated rings. The van der Waals surface area contributed by atoms with Gasteiger partial charge in [-0.05, 0) is 38.6 Å². The highest BCUT2D eigenvalue weighted by Gasteiger charge is 2.28. The zero-order chi connectivity index (χ0) is 13.9. The molecule has 0 radical (unpaired) electrons. The first-order chi connectivity index (χ1) is 8.27. The molecule has 1 rings (SSSR count). The van der Waals surface area contributed by atoms with Crippen molar-refractivity contribution in [2.75, 3.05) is 14.1 Å². The molecule has 1 amide bonds. The monoisotopic (exact) mass is 288 g/mol. The van der Waals surface area contributed by atoms with Crippen molar-refractivity contribution in [1.29, 1.82) is 0 Å². The quantitative estimate of drug-likeness (QED) is 0.924. The molecule has 0 saturated heterocycles. The van der Waals surface area contributed by atoms with Gasteiger partial charge in [0.25, 0.3) is 0 Å². The normalized spacial score (nSPS) is 11.4. The van der Waals surface area contributed by atoms with Gasteiger partial charge in [-0.2, -0.15) is 0 Å². The highest BCUT2D eigenvalue weighted by molar-refractivity contribution is 6.35. The maximum absolute atomic E-state index is 12.2. The molecule has 0 aromatic heterocycles. The number of nitrogens with one attached hydrogen (secondary N) is 1. The number of halogens is 2. The van der Waals surface area contributed by atoms with E-state index in [-0.39, 0.29) is 5.91 Å². The lowest BCUT2D eigenvalue weighted by atomic mass is 10.0. The Hall–Kier alpha value is -0.770. The van der Waals surface area contributed by atoms with Crippen molar-refractivity contribution < 1.29 is 4.79 Å². The third kappa shape index (κ3) is 3.61. The highest BCUT2D eigenvalue weighted by Crippen LogP contribution is 2.22. The fourth-order valence-corrected chi connectivity index (χ4v) is 2.03. The van der Waals surface area contributed by atoms with Crippen molar-refractivity contribution in [2.45, 2.75) is 25.9 Å². The van der Waals surface area contributed by atoms with Crippen LogP contribution in [0.2, 0.25) is 10.0 Å². The summed E-state index contributed by atoms with van der Waals surface area (Å²) in [5.41, 5.74) is 0.289. The standard InChI is InChI=1S/C13H18Cl2N2O/c1-13(2,16-3)12(18)17(4)8-9-5-6-10(14)7-11(9)15/h5-7,16H,8H2,1-4H3. The summed E-state index contributed by atoms with van der Waals surface area (Å²) in [6.45, 7) is 4.14. The van der Waals surface area contributed by atoms with E-state index in [9.17, 15) is 4.79 Å². The molecule has 0 aliphatic rings. The largest absolute Gasteiger partial charge is 0.340 e. The van der Waals surface area contributed by atoms with E-state index in [0.717, 1.165) is 5.56 Å². The molecule has 0 heterocycles. The zero-order valence-corrected chi connectivity index (χ0v) is 12.6. The van der Waals surface area contributed by atoms with E-state index in [4.69, 9.17) is 23.2 Å². The lowest BCUT2D eigenvalue weighted by Gasteiger charge is -2.29. The summed E-state index contributed by atoms with van der Waals surface area (Å²) >= 11 is 11.9. The number of carbonyl (C=O) groups is 1. The van der Waals surface area contributed by atoms with Crippen molar-refractivity contribution in [3.8, 4) is 0 Å². The summed E-state index contributed by atoms with van der Waals surface area (Å²) < 4.78 is 0. The van der Waals surface area contributed by atoms with Crippen LogP contribution in [0.25, 0.3) is 0 Å². The lowest BCUT2D eigenvalue weighted by molar-refractivity contribution is -0.136. The minimum atomic E-state index is -0.590. The van der Waals surface area contributed by atoms with Crippen molar-refractivity contribution in [2.24, 2.45) is 0 Å². The van der Waals surface area contributed by atoms with Crippen LogP contribution < -0.4 is 5.32 Å². The third-order valence-corrected chi connectivity index (χ3v) is 3.52. The van der Waals surface area contributed by atoms with E-state index < -0.39 is 5.54 Å². The molecule has 0 atom stereocenters. The molecule has 0 aliphatic carbocycles. The molecule has 0 spiro atoms. The van der Waals surface area contributed by atoms with Crippen molar-refractivity contribution in [3.63, 3.8) is 0 Å². The van der Waals surface area contributed by atoms with Crippen LogP contribution >= 0.6 is 23.2 Å². The summed E-state index contributed by atoms with van der Waals surface area (Å²) in [7, 11) is 3.52. The summed E-state index contributed by atoms with van der Waals surface area (Å²) in [6.07, 6.45) is 0. The van der Waals surface area contributed by atoms with E-state index in [1.165, 1.54) is 0 Å². The number of nitrogens with zero attached hydrogens (tertiary/aromatic N) is 1. The molecular formula is C13H18Cl2N2O. The van der Waals surface area contributed by atoms with Gasteiger partial charge in [-0.15, -0.1) is 0 Å². The fraction of sp³-hybridized carbons (Fsp3) is 0.462. The van der Waals surface area contributed by atoms with Gasteiger partial charge in [-0.3, -0.25) is 4.79 Å². The molecular weight excluding hydrogens is 271 g/mol. The topological polar surface area (TPSA) is 32.3 Å². The minimum absolute atomic E-state index is 0.0102. The molecule has 18 heavy (non-hydrogen) atoms. The summed E-state index contributed by atoms with van der Waals surface area (Å²) in [4.78, 5) is 13.8. The fourth-order valence-electron chi connectivity index (χ4n) is 1.56. The van der Waals surface area contributed by atoms with Gasteiger partial charge in [-0.1, -0.05) is 29.3 Å². The number of likely N-dealkylation sites (N-methyl/N-ethyl adjacent to an activating group) is 2. The second-order valence-electron chi connectivity index (χ2n) is 4.77. The predicted octanol–water partition coefficient (Wildman–Crippen LogP) is 2.95.